The summed E-state index contributed by atoms with van der Waals surface area (Å²) in [5.41, 5.74) is 3.92. The van der Waals surface area contributed by atoms with Crippen molar-refractivity contribution in [1.82, 2.24) is 9.78 Å². The monoisotopic (exact) mass is 350 g/mol. The summed E-state index contributed by atoms with van der Waals surface area (Å²) >= 11 is 0. The Morgan fingerprint density at radius 3 is 2.46 bits per heavy atom. The zero-order valence-electron chi connectivity index (χ0n) is 15.1. The molecule has 0 saturated heterocycles. The summed E-state index contributed by atoms with van der Waals surface area (Å²) in [7, 11) is 1.66. The van der Waals surface area contributed by atoms with Crippen LogP contribution in [0.25, 0.3) is 22.5 Å². The minimum Gasteiger partial charge on any atom is -0.496 e. The zero-order chi connectivity index (χ0) is 18.7. The maximum absolute atomic E-state index is 11.1. The van der Waals surface area contributed by atoms with Gasteiger partial charge in [0, 0.05) is 17.7 Å². The molecule has 0 saturated carbocycles. The number of nitrogens with zero attached hydrogens (tertiary/aromatic N) is 2. The first-order chi connectivity index (χ1) is 12.5. The lowest BCUT2D eigenvalue weighted by molar-refractivity contribution is 0.0697. The first kappa shape index (κ1) is 17.7. The van der Waals surface area contributed by atoms with Crippen LogP contribution in [0, 0.1) is 5.92 Å². The van der Waals surface area contributed by atoms with Gasteiger partial charge in [0.15, 0.2) is 0 Å². The highest BCUT2D eigenvalue weighted by molar-refractivity contribution is 5.88. The van der Waals surface area contributed by atoms with Gasteiger partial charge in [0.05, 0.1) is 24.1 Å². The van der Waals surface area contributed by atoms with Gasteiger partial charge in [0.1, 0.15) is 5.75 Å². The highest BCUT2D eigenvalue weighted by Crippen LogP contribution is 2.33. The molecule has 0 aliphatic rings. The predicted molar refractivity (Wildman–Crippen MR) is 101 cm³/mol. The Kier molecular flexibility index (Phi) is 5.07. The molecule has 0 unspecified atom stereocenters. The standard InChI is InChI=1S/C21H22N2O3/c1-14(2)13-23-19(17-6-4-5-7-20(17)26-3)12-18(22-23)15-8-10-16(11-9-15)21(24)25/h4-12,14H,13H2,1-3H3,(H,24,25). The first-order valence-corrected chi connectivity index (χ1v) is 8.54. The average molecular weight is 350 g/mol. The fourth-order valence-corrected chi connectivity index (χ4v) is 2.90. The number of rotatable bonds is 6. The number of carboxylic acid groups (broad SMARTS) is 1. The Balaban J connectivity index is 2.08. The van der Waals surface area contributed by atoms with Crippen LogP contribution in [-0.4, -0.2) is 28.0 Å². The summed E-state index contributed by atoms with van der Waals surface area (Å²) in [5, 5.41) is 13.8. The Hall–Kier alpha value is -3.08. The average Bonchev–Trinajstić information content (AvgIpc) is 3.04. The summed E-state index contributed by atoms with van der Waals surface area (Å²) < 4.78 is 7.50. The molecule has 0 radical (unpaired) electrons. The number of carbonyl (C=O) groups is 1. The van der Waals surface area contributed by atoms with Gasteiger partial charge in [-0.1, -0.05) is 38.1 Å². The SMILES string of the molecule is COc1ccccc1-c1cc(-c2ccc(C(=O)O)cc2)nn1CC(C)C. The largest absolute Gasteiger partial charge is 0.496 e. The van der Waals surface area contributed by atoms with Gasteiger partial charge >= 0.3 is 5.97 Å². The molecular weight excluding hydrogens is 328 g/mol. The van der Waals surface area contributed by atoms with Crippen molar-refractivity contribution in [3.05, 3.63) is 60.2 Å². The molecule has 0 spiro atoms. The topological polar surface area (TPSA) is 64.3 Å². The van der Waals surface area contributed by atoms with Gasteiger partial charge in [-0.05, 0) is 36.2 Å². The molecule has 5 heteroatoms. The molecule has 0 fully saturated rings. The van der Waals surface area contributed by atoms with E-state index in [1.807, 2.05) is 35.0 Å². The summed E-state index contributed by atoms with van der Waals surface area (Å²) in [6.07, 6.45) is 0. The fraction of sp³-hybridized carbons (Fsp3) is 0.238. The van der Waals surface area contributed by atoms with Gasteiger partial charge in [-0.2, -0.15) is 5.10 Å². The van der Waals surface area contributed by atoms with Gasteiger partial charge in [-0.3, -0.25) is 4.68 Å². The molecule has 5 nitrogen and oxygen atoms in total. The highest BCUT2D eigenvalue weighted by atomic mass is 16.5. The Labute approximate surface area is 152 Å². The second-order valence-electron chi connectivity index (χ2n) is 6.57. The number of aromatic carboxylic acids is 1. The maximum Gasteiger partial charge on any atom is 0.335 e. The van der Waals surface area contributed by atoms with Crippen molar-refractivity contribution in [3.8, 4) is 28.3 Å². The molecular formula is C21H22N2O3. The van der Waals surface area contributed by atoms with Crippen molar-refractivity contribution < 1.29 is 14.6 Å². The Bertz CT molecular complexity index is 911. The molecule has 1 N–H and O–H groups in total. The van der Waals surface area contributed by atoms with Crippen molar-refractivity contribution in [2.24, 2.45) is 5.92 Å². The van der Waals surface area contributed by atoms with E-state index in [0.717, 1.165) is 34.8 Å². The van der Waals surface area contributed by atoms with Crippen LogP contribution in [0.3, 0.4) is 0 Å². The van der Waals surface area contributed by atoms with Crippen LogP contribution in [0.1, 0.15) is 24.2 Å². The van der Waals surface area contributed by atoms with Gasteiger partial charge in [0.25, 0.3) is 0 Å². The maximum atomic E-state index is 11.1. The van der Waals surface area contributed by atoms with Gasteiger partial charge in [-0.25, -0.2) is 4.79 Å². The predicted octanol–water partition coefficient (Wildman–Crippen LogP) is 4.58. The van der Waals surface area contributed by atoms with E-state index in [4.69, 9.17) is 14.9 Å². The zero-order valence-corrected chi connectivity index (χ0v) is 15.1. The smallest absolute Gasteiger partial charge is 0.335 e. The molecule has 1 heterocycles. The molecule has 0 aliphatic heterocycles. The van der Waals surface area contributed by atoms with Gasteiger partial charge in [-0.15, -0.1) is 0 Å². The molecule has 0 atom stereocenters. The lowest BCUT2D eigenvalue weighted by atomic mass is 10.1. The molecule has 3 aromatic rings. The number of para-hydroxylation sites is 1. The Morgan fingerprint density at radius 1 is 1.15 bits per heavy atom. The van der Waals surface area contributed by atoms with E-state index in [0.29, 0.717) is 5.92 Å². The summed E-state index contributed by atoms with van der Waals surface area (Å²) in [6, 6.07) is 16.7. The molecule has 134 valence electrons. The van der Waals surface area contributed by atoms with Gasteiger partial charge in [0.2, 0.25) is 0 Å². The van der Waals surface area contributed by atoms with Crippen LogP contribution < -0.4 is 4.74 Å². The van der Waals surface area contributed by atoms with Crippen molar-refractivity contribution in [1.29, 1.82) is 0 Å². The summed E-state index contributed by atoms with van der Waals surface area (Å²) in [4.78, 5) is 11.1. The van der Waals surface area contributed by atoms with E-state index in [9.17, 15) is 4.79 Å². The van der Waals surface area contributed by atoms with E-state index in [1.54, 1.807) is 31.4 Å². The minimum atomic E-state index is -0.934. The number of hydrogen-bond acceptors (Lipinski definition) is 3. The number of carboxylic acids is 1. The fourth-order valence-electron chi connectivity index (χ4n) is 2.90. The van der Waals surface area contributed by atoms with E-state index in [1.165, 1.54) is 0 Å². The third-order valence-electron chi connectivity index (χ3n) is 4.13. The van der Waals surface area contributed by atoms with Crippen molar-refractivity contribution in [2.75, 3.05) is 7.11 Å². The normalized spacial score (nSPS) is 10.9. The number of aromatic nitrogens is 2. The third-order valence-corrected chi connectivity index (χ3v) is 4.13. The number of hydrogen-bond donors (Lipinski definition) is 1. The highest BCUT2D eigenvalue weighted by Gasteiger charge is 2.16. The first-order valence-electron chi connectivity index (χ1n) is 8.54. The number of benzene rings is 2. The quantitative estimate of drug-likeness (QED) is 0.707. The molecule has 2 aromatic carbocycles. The van der Waals surface area contributed by atoms with E-state index in [2.05, 4.69) is 13.8 Å². The van der Waals surface area contributed by atoms with Crippen LogP contribution in [0.5, 0.6) is 5.75 Å². The van der Waals surface area contributed by atoms with Crippen LogP contribution in [0.4, 0.5) is 0 Å². The Morgan fingerprint density at radius 2 is 1.85 bits per heavy atom. The van der Waals surface area contributed by atoms with E-state index in [-0.39, 0.29) is 5.56 Å². The molecule has 1 aromatic heterocycles. The summed E-state index contributed by atoms with van der Waals surface area (Å²) in [6.45, 7) is 5.07. The lowest BCUT2D eigenvalue weighted by Crippen LogP contribution is -2.08. The second-order valence-corrected chi connectivity index (χ2v) is 6.57. The van der Waals surface area contributed by atoms with Crippen molar-refractivity contribution >= 4 is 5.97 Å². The van der Waals surface area contributed by atoms with Gasteiger partial charge < -0.3 is 9.84 Å². The number of ether oxygens (including phenoxy) is 1. The second kappa shape index (κ2) is 7.44. The van der Waals surface area contributed by atoms with E-state index < -0.39 is 5.97 Å². The summed E-state index contributed by atoms with van der Waals surface area (Å²) in [5.74, 6) is 0.298. The van der Waals surface area contributed by atoms with Crippen LogP contribution in [0.2, 0.25) is 0 Å². The third kappa shape index (κ3) is 3.61. The van der Waals surface area contributed by atoms with E-state index >= 15 is 0 Å². The molecule has 26 heavy (non-hydrogen) atoms. The van der Waals surface area contributed by atoms with Crippen LogP contribution >= 0.6 is 0 Å². The molecule has 0 amide bonds. The molecule has 0 aliphatic carbocycles. The minimum absolute atomic E-state index is 0.264. The molecule has 0 bridgehead atoms. The van der Waals surface area contributed by atoms with Crippen LogP contribution in [0.15, 0.2) is 54.6 Å². The number of methoxy groups -OCH3 is 1. The van der Waals surface area contributed by atoms with Crippen molar-refractivity contribution in [3.63, 3.8) is 0 Å². The molecule has 3 rings (SSSR count). The van der Waals surface area contributed by atoms with Crippen molar-refractivity contribution in [2.45, 2.75) is 20.4 Å². The lowest BCUT2D eigenvalue weighted by Gasteiger charge is -2.12. The van der Waals surface area contributed by atoms with Crippen LogP contribution in [-0.2, 0) is 6.54 Å².